The highest BCUT2D eigenvalue weighted by Crippen LogP contribution is 2.70. The monoisotopic (exact) mass is 332 g/mol. The van der Waals surface area contributed by atoms with Crippen LogP contribution < -0.4 is 5.73 Å². The number of aliphatic hydroxyl groups is 3. The maximum Gasteiger partial charge on any atom is 0.165 e. The van der Waals surface area contributed by atoms with Gasteiger partial charge in [-0.1, -0.05) is 5.11 Å². The minimum Gasteiger partial charge on any atom is -0.396 e. The third-order valence-electron chi connectivity index (χ3n) is 5.46. The molecular weight excluding hydrogens is 316 g/mol. The minimum absolute atomic E-state index is 0.190. The standard InChI is InChI=1S/C13H16N8O3/c14-9-7-10(17-4-16-9)21(5-18-7)8-6-1-12(6,3-22)11(23)13(8,24)2-19-20-15/h4-6,8,11,22-24H,1-3H2,(H2,14,16,17)/t6-,8-,11-,12+,13+/m1/s1. The largest absolute Gasteiger partial charge is 0.396 e. The quantitative estimate of drug-likeness (QED) is 0.326. The molecular formula is C13H16N8O3. The van der Waals surface area contributed by atoms with Crippen LogP contribution in [0.3, 0.4) is 0 Å². The Morgan fingerprint density at radius 1 is 1.46 bits per heavy atom. The van der Waals surface area contributed by atoms with Gasteiger partial charge >= 0.3 is 0 Å². The van der Waals surface area contributed by atoms with Crippen LogP contribution in [0, 0.1) is 11.3 Å². The lowest BCUT2D eigenvalue weighted by Crippen LogP contribution is -2.51. The third-order valence-corrected chi connectivity index (χ3v) is 5.46. The van der Waals surface area contributed by atoms with Crippen LogP contribution in [-0.4, -0.2) is 59.7 Å². The molecule has 0 radical (unpaired) electrons. The second-order valence-corrected chi connectivity index (χ2v) is 6.51. The topological polar surface area (TPSA) is 179 Å². The van der Waals surface area contributed by atoms with Gasteiger partial charge < -0.3 is 25.6 Å². The third kappa shape index (κ3) is 1.66. The maximum atomic E-state index is 11.1. The summed E-state index contributed by atoms with van der Waals surface area (Å²) in [5, 5.41) is 34.9. The predicted octanol–water partition coefficient (Wildman–Crippen LogP) is -0.636. The van der Waals surface area contributed by atoms with Crippen molar-refractivity contribution in [2.75, 3.05) is 18.9 Å². The number of hydrogen-bond acceptors (Lipinski definition) is 8. The van der Waals surface area contributed by atoms with E-state index < -0.39 is 23.2 Å². The van der Waals surface area contributed by atoms with Crippen molar-refractivity contribution in [1.29, 1.82) is 0 Å². The number of rotatable bonds is 4. The Bertz CT molecular complexity index is 864. The number of hydrogen-bond donors (Lipinski definition) is 4. The number of nitrogens with zero attached hydrogens (tertiary/aromatic N) is 7. The zero-order chi connectivity index (χ0) is 17.1. The molecule has 0 spiro atoms. The summed E-state index contributed by atoms with van der Waals surface area (Å²) in [7, 11) is 0. The van der Waals surface area contributed by atoms with E-state index in [-0.39, 0.29) is 24.9 Å². The highest BCUT2D eigenvalue weighted by molar-refractivity contribution is 5.81. The van der Waals surface area contributed by atoms with Crippen molar-refractivity contribution < 1.29 is 15.3 Å². The van der Waals surface area contributed by atoms with E-state index >= 15 is 0 Å². The molecule has 0 unspecified atom stereocenters. The highest BCUT2D eigenvalue weighted by Gasteiger charge is 2.76. The van der Waals surface area contributed by atoms with Crippen LogP contribution in [0.4, 0.5) is 5.82 Å². The summed E-state index contributed by atoms with van der Waals surface area (Å²) in [4.78, 5) is 14.9. The summed E-state index contributed by atoms with van der Waals surface area (Å²) in [5.41, 5.74) is 12.7. The molecule has 2 aromatic heterocycles. The second kappa shape index (κ2) is 4.77. The van der Waals surface area contributed by atoms with Crippen molar-refractivity contribution in [3.05, 3.63) is 23.1 Å². The molecule has 2 heterocycles. The Morgan fingerprint density at radius 3 is 2.96 bits per heavy atom. The molecule has 0 amide bonds. The van der Waals surface area contributed by atoms with Gasteiger partial charge in [0.1, 0.15) is 17.4 Å². The molecule has 0 bridgehead atoms. The van der Waals surface area contributed by atoms with E-state index in [1.165, 1.54) is 12.7 Å². The SMILES string of the molecule is [N-]=[N+]=NC[C@]1(O)[C@H](n2cnc3c(N)ncnc32)[C@H]2C[C@@]2(CO)[C@H]1O. The van der Waals surface area contributed by atoms with Crippen molar-refractivity contribution in [2.24, 2.45) is 16.4 Å². The Hall–Kier alpha value is -2.46. The first kappa shape index (κ1) is 15.1. The van der Waals surface area contributed by atoms with Crippen LogP contribution in [0.15, 0.2) is 17.8 Å². The normalized spacial score (nSPS) is 37.2. The first-order chi connectivity index (χ1) is 11.5. The first-order valence-corrected chi connectivity index (χ1v) is 7.45. The van der Waals surface area contributed by atoms with E-state index in [9.17, 15) is 15.3 Å². The van der Waals surface area contributed by atoms with E-state index in [1.54, 1.807) is 4.57 Å². The van der Waals surface area contributed by atoms with E-state index in [2.05, 4.69) is 25.0 Å². The number of fused-ring (bicyclic) bond motifs is 2. The van der Waals surface area contributed by atoms with Crippen molar-refractivity contribution >= 4 is 17.0 Å². The van der Waals surface area contributed by atoms with Crippen molar-refractivity contribution in [3.8, 4) is 0 Å². The van der Waals surface area contributed by atoms with Gasteiger partial charge in [0.05, 0.1) is 31.6 Å². The zero-order valence-electron chi connectivity index (χ0n) is 12.6. The first-order valence-electron chi connectivity index (χ1n) is 7.45. The highest BCUT2D eigenvalue weighted by atomic mass is 16.4. The number of aromatic nitrogens is 4. The van der Waals surface area contributed by atoms with Crippen molar-refractivity contribution in [1.82, 2.24) is 19.5 Å². The lowest BCUT2D eigenvalue weighted by atomic mass is 9.87. The van der Waals surface area contributed by atoms with Crippen LogP contribution in [0.2, 0.25) is 0 Å². The van der Waals surface area contributed by atoms with Crippen LogP contribution in [0.1, 0.15) is 12.5 Å². The molecule has 2 aliphatic rings. The number of nitrogens with two attached hydrogens (primary N) is 1. The smallest absolute Gasteiger partial charge is 0.165 e. The fourth-order valence-electron chi connectivity index (χ4n) is 4.20. The van der Waals surface area contributed by atoms with Gasteiger partial charge in [-0.3, -0.25) is 0 Å². The average Bonchev–Trinajstić information content (AvgIpc) is 3.09. The summed E-state index contributed by atoms with van der Waals surface area (Å²) < 4.78 is 1.62. The van der Waals surface area contributed by atoms with E-state index in [1.807, 2.05) is 0 Å². The summed E-state index contributed by atoms with van der Waals surface area (Å²) >= 11 is 0. The molecule has 2 aliphatic carbocycles. The summed E-state index contributed by atoms with van der Waals surface area (Å²) in [6, 6.07) is -0.649. The van der Waals surface area contributed by atoms with Gasteiger partial charge in [-0.05, 0) is 17.9 Å². The fraction of sp³-hybridized carbons (Fsp3) is 0.615. The van der Waals surface area contributed by atoms with E-state index in [4.69, 9.17) is 11.3 Å². The number of azide groups is 1. The molecule has 11 heteroatoms. The molecule has 2 fully saturated rings. The van der Waals surface area contributed by atoms with Crippen LogP contribution >= 0.6 is 0 Å². The van der Waals surface area contributed by atoms with Gasteiger partial charge in [0.25, 0.3) is 0 Å². The summed E-state index contributed by atoms with van der Waals surface area (Å²) in [6.45, 7) is -0.592. The van der Waals surface area contributed by atoms with Crippen molar-refractivity contribution in [3.63, 3.8) is 0 Å². The molecule has 0 aromatic carbocycles. The van der Waals surface area contributed by atoms with E-state index in [0.29, 0.717) is 17.6 Å². The average molecular weight is 332 g/mol. The fourth-order valence-corrected chi connectivity index (χ4v) is 4.20. The molecule has 2 saturated carbocycles. The zero-order valence-corrected chi connectivity index (χ0v) is 12.6. The van der Waals surface area contributed by atoms with Gasteiger partial charge in [0.15, 0.2) is 11.5 Å². The van der Waals surface area contributed by atoms with Gasteiger partial charge in [-0.25, -0.2) is 15.0 Å². The summed E-state index contributed by atoms with van der Waals surface area (Å²) in [5.74, 6) is 0.0186. The van der Waals surface area contributed by atoms with Gasteiger partial charge in [-0.2, -0.15) is 0 Å². The molecule has 126 valence electrons. The second-order valence-electron chi connectivity index (χ2n) is 6.51. The Labute approximate surface area is 135 Å². The predicted molar refractivity (Wildman–Crippen MR) is 81.4 cm³/mol. The van der Waals surface area contributed by atoms with E-state index in [0.717, 1.165) is 0 Å². The number of aliphatic hydroxyl groups excluding tert-OH is 2. The molecule has 24 heavy (non-hydrogen) atoms. The molecule has 0 saturated heterocycles. The Balaban J connectivity index is 1.88. The van der Waals surface area contributed by atoms with Crippen LogP contribution in [-0.2, 0) is 0 Å². The molecule has 5 N–H and O–H groups in total. The lowest BCUT2D eigenvalue weighted by Gasteiger charge is -2.36. The molecule has 2 aromatic rings. The van der Waals surface area contributed by atoms with Gasteiger partial charge in [0.2, 0.25) is 0 Å². The molecule has 5 atom stereocenters. The maximum absolute atomic E-state index is 11.1. The molecule has 11 nitrogen and oxygen atoms in total. The molecule has 0 aliphatic heterocycles. The minimum atomic E-state index is -1.73. The van der Waals surface area contributed by atoms with Crippen molar-refractivity contribution in [2.45, 2.75) is 24.2 Å². The number of imidazole rings is 1. The van der Waals surface area contributed by atoms with Crippen LogP contribution in [0.5, 0.6) is 0 Å². The number of nitrogen functional groups attached to an aromatic ring is 1. The van der Waals surface area contributed by atoms with Gasteiger partial charge in [0, 0.05) is 10.3 Å². The van der Waals surface area contributed by atoms with Crippen LogP contribution in [0.25, 0.3) is 21.6 Å². The lowest BCUT2D eigenvalue weighted by molar-refractivity contribution is -0.105. The summed E-state index contributed by atoms with van der Waals surface area (Å²) in [6.07, 6.45) is 2.08. The van der Waals surface area contributed by atoms with Gasteiger partial charge in [-0.15, -0.1) is 0 Å². The Morgan fingerprint density at radius 2 is 2.25 bits per heavy atom. The Kier molecular flexibility index (Phi) is 3.00. The number of anilines is 1. The molecule has 4 rings (SSSR count).